The number of hydrogen-bond acceptors (Lipinski definition) is 2. The zero-order chi connectivity index (χ0) is 11.5. The zero-order valence-electron chi connectivity index (χ0n) is 9.84. The van der Waals surface area contributed by atoms with Crippen LogP contribution in [0.15, 0.2) is 36.7 Å². The Morgan fingerprint density at radius 2 is 1.88 bits per heavy atom. The average Bonchev–Trinajstić information content (AvgIpc) is 2.69. The van der Waals surface area contributed by atoms with E-state index in [1.807, 2.05) is 35.0 Å². The lowest BCUT2D eigenvalue weighted by Gasteiger charge is -2.11. The number of aromatic nitrogens is 2. The molecule has 0 aliphatic heterocycles. The Kier molecular flexibility index (Phi) is 2.95. The van der Waals surface area contributed by atoms with E-state index in [-0.39, 0.29) is 0 Å². The van der Waals surface area contributed by atoms with E-state index in [4.69, 9.17) is 4.74 Å². The minimum absolute atomic E-state index is 0.350. The first-order valence-electron chi connectivity index (χ1n) is 5.44. The Morgan fingerprint density at radius 3 is 2.50 bits per heavy atom. The van der Waals surface area contributed by atoms with E-state index in [2.05, 4.69) is 25.8 Å². The number of benzene rings is 1. The van der Waals surface area contributed by atoms with Crippen LogP contribution in [0, 0.1) is 6.92 Å². The quantitative estimate of drug-likeness (QED) is 0.784. The Balaban J connectivity index is 2.20. The maximum Gasteiger partial charge on any atom is 0.302 e. The molecule has 0 unspecified atom stereocenters. The fraction of sp³-hybridized carbons (Fsp3) is 0.308. The minimum Gasteiger partial charge on any atom is -0.426 e. The van der Waals surface area contributed by atoms with Gasteiger partial charge >= 0.3 is 6.01 Å². The molecule has 0 spiro atoms. The molecule has 2 rings (SSSR count). The van der Waals surface area contributed by atoms with Crippen molar-refractivity contribution in [2.45, 2.75) is 26.8 Å². The van der Waals surface area contributed by atoms with Gasteiger partial charge in [-0.1, -0.05) is 17.7 Å². The lowest BCUT2D eigenvalue weighted by atomic mass is 10.2. The molecule has 0 saturated heterocycles. The van der Waals surface area contributed by atoms with Crippen LogP contribution >= 0.6 is 0 Å². The highest BCUT2D eigenvalue weighted by molar-refractivity contribution is 5.28. The molecule has 0 N–H and O–H groups in total. The number of rotatable bonds is 3. The number of imidazole rings is 1. The molecule has 3 heteroatoms. The highest BCUT2D eigenvalue weighted by Gasteiger charge is 2.07. The molecule has 0 bridgehead atoms. The van der Waals surface area contributed by atoms with Crippen LogP contribution in [0.2, 0.25) is 0 Å². The number of hydrogen-bond donors (Lipinski definition) is 0. The molecular formula is C13H16N2O. The molecule has 0 saturated carbocycles. The van der Waals surface area contributed by atoms with Crippen LogP contribution in [0.3, 0.4) is 0 Å². The summed E-state index contributed by atoms with van der Waals surface area (Å²) in [6.07, 6.45) is 3.68. The molecule has 0 fully saturated rings. The summed E-state index contributed by atoms with van der Waals surface area (Å²) >= 11 is 0. The van der Waals surface area contributed by atoms with Crippen molar-refractivity contribution in [3.63, 3.8) is 0 Å². The Morgan fingerprint density at radius 1 is 1.19 bits per heavy atom. The van der Waals surface area contributed by atoms with Crippen molar-refractivity contribution in [1.29, 1.82) is 0 Å². The third-order valence-corrected chi connectivity index (χ3v) is 2.42. The van der Waals surface area contributed by atoms with Gasteiger partial charge in [-0.3, -0.25) is 4.57 Å². The fourth-order valence-electron chi connectivity index (χ4n) is 1.48. The Hall–Kier alpha value is -1.77. The second-order valence-electron chi connectivity index (χ2n) is 4.13. The molecule has 1 aromatic heterocycles. The van der Waals surface area contributed by atoms with Gasteiger partial charge in [0.05, 0.1) is 0 Å². The third-order valence-electron chi connectivity index (χ3n) is 2.42. The SMILES string of the molecule is Cc1ccc(Oc2nccn2C(C)C)cc1. The summed E-state index contributed by atoms with van der Waals surface area (Å²) in [6.45, 7) is 6.26. The van der Waals surface area contributed by atoms with Crippen molar-refractivity contribution < 1.29 is 4.74 Å². The molecule has 0 aliphatic carbocycles. The first-order chi connectivity index (χ1) is 7.66. The summed E-state index contributed by atoms with van der Waals surface area (Å²) in [5.41, 5.74) is 1.22. The summed E-state index contributed by atoms with van der Waals surface area (Å²) in [7, 11) is 0. The average molecular weight is 216 g/mol. The van der Waals surface area contributed by atoms with Crippen LogP contribution in [0.1, 0.15) is 25.5 Å². The van der Waals surface area contributed by atoms with Gasteiger partial charge in [0.1, 0.15) is 5.75 Å². The van der Waals surface area contributed by atoms with Crippen LogP contribution in [-0.4, -0.2) is 9.55 Å². The van der Waals surface area contributed by atoms with E-state index in [0.717, 1.165) is 5.75 Å². The second-order valence-corrected chi connectivity index (χ2v) is 4.13. The van der Waals surface area contributed by atoms with Gasteiger partial charge < -0.3 is 4.74 Å². The summed E-state index contributed by atoms with van der Waals surface area (Å²) < 4.78 is 7.72. The maximum atomic E-state index is 5.72. The van der Waals surface area contributed by atoms with Crippen molar-refractivity contribution in [2.24, 2.45) is 0 Å². The summed E-state index contributed by atoms with van der Waals surface area (Å²) in [5.74, 6) is 0.818. The molecule has 1 heterocycles. The standard InChI is InChI=1S/C13H16N2O/c1-10(2)15-9-8-14-13(15)16-12-6-4-11(3)5-7-12/h4-10H,1-3H3. The molecule has 0 aliphatic rings. The molecule has 1 aromatic carbocycles. The summed E-state index contributed by atoms with van der Waals surface area (Å²) in [5, 5.41) is 0. The highest BCUT2D eigenvalue weighted by Crippen LogP contribution is 2.22. The normalized spacial score (nSPS) is 10.8. The molecule has 2 aromatic rings. The maximum absolute atomic E-state index is 5.72. The van der Waals surface area contributed by atoms with E-state index in [9.17, 15) is 0 Å². The van der Waals surface area contributed by atoms with E-state index in [1.54, 1.807) is 6.20 Å². The van der Waals surface area contributed by atoms with Gasteiger partial charge in [0.25, 0.3) is 0 Å². The van der Waals surface area contributed by atoms with Crippen molar-refractivity contribution in [3.05, 3.63) is 42.2 Å². The Bertz CT molecular complexity index is 457. The molecular weight excluding hydrogens is 200 g/mol. The summed E-state index contributed by atoms with van der Waals surface area (Å²) in [4.78, 5) is 4.20. The predicted octanol–water partition coefficient (Wildman–Crippen LogP) is 3.56. The monoisotopic (exact) mass is 216 g/mol. The first-order valence-corrected chi connectivity index (χ1v) is 5.44. The topological polar surface area (TPSA) is 27.1 Å². The lowest BCUT2D eigenvalue weighted by molar-refractivity contribution is 0.395. The molecule has 0 atom stereocenters. The third kappa shape index (κ3) is 2.24. The van der Waals surface area contributed by atoms with Gasteiger partial charge in [-0.2, -0.15) is 0 Å². The van der Waals surface area contributed by atoms with Crippen LogP contribution in [0.25, 0.3) is 0 Å². The fourth-order valence-corrected chi connectivity index (χ4v) is 1.48. The Labute approximate surface area is 95.7 Å². The molecule has 16 heavy (non-hydrogen) atoms. The van der Waals surface area contributed by atoms with E-state index >= 15 is 0 Å². The van der Waals surface area contributed by atoms with Crippen LogP contribution < -0.4 is 4.74 Å². The van der Waals surface area contributed by atoms with Crippen LogP contribution in [-0.2, 0) is 0 Å². The van der Waals surface area contributed by atoms with Gasteiger partial charge in [0.2, 0.25) is 0 Å². The van der Waals surface area contributed by atoms with Gasteiger partial charge in [-0.25, -0.2) is 4.98 Å². The molecule has 84 valence electrons. The van der Waals surface area contributed by atoms with Crippen LogP contribution in [0.4, 0.5) is 0 Å². The number of nitrogens with zero attached hydrogens (tertiary/aromatic N) is 2. The van der Waals surface area contributed by atoms with Crippen LogP contribution in [0.5, 0.6) is 11.8 Å². The predicted molar refractivity (Wildman–Crippen MR) is 63.9 cm³/mol. The van der Waals surface area contributed by atoms with E-state index < -0.39 is 0 Å². The van der Waals surface area contributed by atoms with Gasteiger partial charge in [-0.15, -0.1) is 0 Å². The van der Waals surface area contributed by atoms with Crippen molar-refractivity contribution in [2.75, 3.05) is 0 Å². The largest absolute Gasteiger partial charge is 0.426 e. The van der Waals surface area contributed by atoms with Gasteiger partial charge in [0.15, 0.2) is 0 Å². The summed E-state index contributed by atoms with van der Waals surface area (Å²) in [6, 6.07) is 8.95. The first kappa shape index (κ1) is 10.7. The number of aryl methyl sites for hydroxylation is 1. The van der Waals surface area contributed by atoms with E-state index in [0.29, 0.717) is 12.1 Å². The zero-order valence-corrected chi connectivity index (χ0v) is 9.84. The second kappa shape index (κ2) is 4.39. The number of ether oxygens (including phenoxy) is 1. The molecule has 0 amide bonds. The van der Waals surface area contributed by atoms with Crippen molar-refractivity contribution >= 4 is 0 Å². The molecule has 0 radical (unpaired) electrons. The molecule has 3 nitrogen and oxygen atoms in total. The lowest BCUT2D eigenvalue weighted by Crippen LogP contribution is -2.01. The van der Waals surface area contributed by atoms with E-state index in [1.165, 1.54) is 5.56 Å². The minimum atomic E-state index is 0.350. The van der Waals surface area contributed by atoms with Gasteiger partial charge in [0, 0.05) is 18.4 Å². The van der Waals surface area contributed by atoms with Crippen molar-refractivity contribution in [1.82, 2.24) is 9.55 Å². The highest BCUT2D eigenvalue weighted by atomic mass is 16.5. The smallest absolute Gasteiger partial charge is 0.302 e. The van der Waals surface area contributed by atoms with Crippen molar-refractivity contribution in [3.8, 4) is 11.8 Å². The van der Waals surface area contributed by atoms with Gasteiger partial charge in [-0.05, 0) is 32.9 Å².